The van der Waals surface area contributed by atoms with Crippen LogP contribution in [0.15, 0.2) is 24.5 Å². The molecule has 3 rings (SSSR count). The number of nitrogens with zero attached hydrogens (tertiary/aromatic N) is 3. The number of primary amides is 1. The highest BCUT2D eigenvalue weighted by molar-refractivity contribution is 7.91. The Morgan fingerprint density at radius 1 is 1.20 bits per heavy atom. The normalized spacial score (nSPS) is 25.4. The van der Waals surface area contributed by atoms with Crippen molar-refractivity contribution in [1.29, 1.82) is 0 Å². The van der Waals surface area contributed by atoms with Gasteiger partial charge >= 0.3 is 6.03 Å². The van der Waals surface area contributed by atoms with Crippen molar-refractivity contribution in [2.45, 2.75) is 18.6 Å². The molecule has 25 heavy (non-hydrogen) atoms. The zero-order valence-electron chi connectivity index (χ0n) is 13.7. The topological polar surface area (TPSA) is 126 Å². The maximum Gasteiger partial charge on any atom is 0.312 e. The molecule has 0 aliphatic carbocycles. The van der Waals surface area contributed by atoms with Gasteiger partial charge in [0, 0.05) is 38.1 Å². The minimum atomic E-state index is -3.21. The first-order valence-corrected chi connectivity index (χ1v) is 9.84. The highest BCUT2D eigenvalue weighted by Gasteiger charge is 2.47. The van der Waals surface area contributed by atoms with Gasteiger partial charge in [-0.25, -0.2) is 13.2 Å². The van der Waals surface area contributed by atoms with E-state index in [0.717, 1.165) is 5.56 Å². The monoisotopic (exact) mass is 367 g/mol. The molecule has 3 N–H and O–H groups in total. The fourth-order valence-corrected chi connectivity index (χ4v) is 5.53. The number of carbonyl (C=O) groups is 2. The SMILES string of the molecule is NC(=O)NCC(=O)N1CCN(Cc2ccncc2)[C@@H]2CS(=O)(=O)C[C@@H]21. The summed E-state index contributed by atoms with van der Waals surface area (Å²) in [6, 6.07) is 2.37. The molecule has 2 fully saturated rings. The first-order valence-electron chi connectivity index (χ1n) is 8.02. The summed E-state index contributed by atoms with van der Waals surface area (Å²) < 4.78 is 24.3. The Bertz CT molecular complexity index is 754. The van der Waals surface area contributed by atoms with Crippen molar-refractivity contribution in [3.8, 4) is 0 Å². The Kier molecular flexibility index (Phi) is 4.91. The number of aromatic nitrogens is 1. The van der Waals surface area contributed by atoms with Gasteiger partial charge in [-0.05, 0) is 17.7 Å². The third-order valence-corrected chi connectivity index (χ3v) is 6.36. The van der Waals surface area contributed by atoms with Crippen molar-refractivity contribution in [2.24, 2.45) is 5.73 Å². The maximum absolute atomic E-state index is 12.4. The minimum absolute atomic E-state index is 0.0375. The van der Waals surface area contributed by atoms with Gasteiger partial charge in [0.1, 0.15) is 0 Å². The number of nitrogens with one attached hydrogen (secondary N) is 1. The maximum atomic E-state index is 12.4. The van der Waals surface area contributed by atoms with Gasteiger partial charge in [0.25, 0.3) is 0 Å². The van der Waals surface area contributed by atoms with Gasteiger partial charge in [-0.1, -0.05) is 0 Å². The van der Waals surface area contributed by atoms with E-state index in [-0.39, 0.29) is 30.0 Å². The molecule has 0 aromatic carbocycles. The van der Waals surface area contributed by atoms with Crippen LogP contribution >= 0.6 is 0 Å². The van der Waals surface area contributed by atoms with Crippen LogP contribution in [0.25, 0.3) is 0 Å². The van der Waals surface area contributed by atoms with E-state index in [4.69, 9.17) is 5.73 Å². The summed E-state index contributed by atoms with van der Waals surface area (Å²) >= 11 is 0. The summed E-state index contributed by atoms with van der Waals surface area (Å²) in [5, 5.41) is 2.27. The molecule has 2 atom stereocenters. The van der Waals surface area contributed by atoms with Crippen molar-refractivity contribution >= 4 is 21.8 Å². The van der Waals surface area contributed by atoms with Crippen molar-refractivity contribution in [1.82, 2.24) is 20.1 Å². The molecule has 3 amide bonds. The Balaban J connectivity index is 1.75. The lowest BCUT2D eigenvalue weighted by molar-refractivity contribution is -0.135. The molecule has 0 saturated carbocycles. The van der Waals surface area contributed by atoms with Gasteiger partial charge < -0.3 is 16.0 Å². The van der Waals surface area contributed by atoms with Gasteiger partial charge in [-0.2, -0.15) is 0 Å². The fraction of sp³-hybridized carbons (Fsp3) is 0.533. The van der Waals surface area contributed by atoms with Crippen LogP contribution < -0.4 is 11.1 Å². The molecule has 0 bridgehead atoms. The summed E-state index contributed by atoms with van der Waals surface area (Å²) in [6.45, 7) is 1.38. The number of piperazine rings is 1. The number of urea groups is 1. The van der Waals surface area contributed by atoms with Crippen LogP contribution in [0.5, 0.6) is 0 Å². The summed E-state index contributed by atoms with van der Waals surface area (Å²) in [6.07, 6.45) is 3.40. The molecule has 0 spiro atoms. The molecule has 0 unspecified atom stereocenters. The first-order chi connectivity index (χ1) is 11.9. The Morgan fingerprint density at radius 2 is 1.88 bits per heavy atom. The highest BCUT2D eigenvalue weighted by Crippen LogP contribution is 2.28. The Labute approximate surface area is 146 Å². The van der Waals surface area contributed by atoms with E-state index in [1.165, 1.54) is 0 Å². The number of rotatable bonds is 4. The Morgan fingerprint density at radius 3 is 2.56 bits per heavy atom. The second-order valence-electron chi connectivity index (χ2n) is 6.34. The number of hydrogen-bond acceptors (Lipinski definition) is 6. The summed E-state index contributed by atoms with van der Waals surface area (Å²) in [7, 11) is -3.21. The molecule has 136 valence electrons. The third-order valence-electron chi connectivity index (χ3n) is 4.66. The molecular formula is C15H21N5O4S. The minimum Gasteiger partial charge on any atom is -0.352 e. The molecule has 3 heterocycles. The van der Waals surface area contributed by atoms with Crippen LogP contribution in [0.4, 0.5) is 4.79 Å². The van der Waals surface area contributed by atoms with Crippen molar-refractivity contribution in [2.75, 3.05) is 31.1 Å². The van der Waals surface area contributed by atoms with E-state index in [1.807, 2.05) is 12.1 Å². The van der Waals surface area contributed by atoms with E-state index in [2.05, 4.69) is 15.2 Å². The lowest BCUT2D eigenvalue weighted by Crippen LogP contribution is -2.61. The molecule has 2 saturated heterocycles. The molecule has 2 aliphatic heterocycles. The van der Waals surface area contributed by atoms with E-state index in [0.29, 0.717) is 19.6 Å². The van der Waals surface area contributed by atoms with Crippen LogP contribution in [-0.2, 0) is 21.2 Å². The van der Waals surface area contributed by atoms with Crippen LogP contribution in [0.1, 0.15) is 5.56 Å². The summed E-state index contributed by atoms with van der Waals surface area (Å²) in [4.78, 5) is 30.8. The molecule has 0 radical (unpaired) electrons. The van der Waals surface area contributed by atoms with E-state index in [9.17, 15) is 18.0 Å². The largest absolute Gasteiger partial charge is 0.352 e. The zero-order valence-corrected chi connectivity index (χ0v) is 14.5. The number of carbonyl (C=O) groups excluding carboxylic acids is 2. The molecule has 1 aromatic rings. The predicted molar refractivity (Wildman–Crippen MR) is 90.2 cm³/mol. The van der Waals surface area contributed by atoms with E-state index in [1.54, 1.807) is 17.3 Å². The van der Waals surface area contributed by atoms with Gasteiger partial charge in [0.15, 0.2) is 9.84 Å². The lowest BCUT2D eigenvalue weighted by atomic mass is 10.0. The number of nitrogens with two attached hydrogens (primary N) is 1. The number of fused-ring (bicyclic) bond motifs is 1. The molecule has 1 aromatic heterocycles. The molecular weight excluding hydrogens is 346 g/mol. The third kappa shape index (κ3) is 4.07. The Hall–Kier alpha value is -2.20. The van der Waals surface area contributed by atoms with Crippen molar-refractivity contribution < 1.29 is 18.0 Å². The average molecular weight is 367 g/mol. The number of hydrogen-bond donors (Lipinski definition) is 2. The van der Waals surface area contributed by atoms with Gasteiger partial charge in [0.05, 0.1) is 24.1 Å². The van der Waals surface area contributed by atoms with Crippen LogP contribution in [-0.4, -0.2) is 78.4 Å². The average Bonchev–Trinajstić information content (AvgIpc) is 2.89. The summed E-state index contributed by atoms with van der Waals surface area (Å²) in [5.74, 6) is -0.322. The van der Waals surface area contributed by atoms with Gasteiger partial charge in [-0.15, -0.1) is 0 Å². The van der Waals surface area contributed by atoms with Crippen LogP contribution in [0.3, 0.4) is 0 Å². The number of pyridine rings is 1. The van der Waals surface area contributed by atoms with Crippen LogP contribution in [0.2, 0.25) is 0 Å². The number of sulfone groups is 1. The second-order valence-corrected chi connectivity index (χ2v) is 8.50. The van der Waals surface area contributed by atoms with E-state index < -0.39 is 21.9 Å². The molecule has 2 aliphatic rings. The van der Waals surface area contributed by atoms with Crippen LogP contribution in [0, 0.1) is 0 Å². The molecule has 10 heteroatoms. The quantitative estimate of drug-likeness (QED) is 0.671. The standard InChI is InChI=1S/C15H21N5O4S/c16-15(22)18-7-14(21)20-6-5-19(8-11-1-3-17-4-2-11)12-9-25(23,24)10-13(12)20/h1-4,12-13H,5-10H2,(H3,16,18,22)/t12-,13+/m1/s1. The lowest BCUT2D eigenvalue weighted by Gasteiger charge is -2.44. The zero-order chi connectivity index (χ0) is 18.0. The fourth-order valence-electron chi connectivity index (χ4n) is 3.52. The first kappa shape index (κ1) is 17.6. The van der Waals surface area contributed by atoms with Crippen molar-refractivity contribution in [3.05, 3.63) is 30.1 Å². The predicted octanol–water partition coefficient (Wildman–Crippen LogP) is -1.44. The van der Waals surface area contributed by atoms with Gasteiger partial charge in [-0.3, -0.25) is 14.7 Å². The van der Waals surface area contributed by atoms with Gasteiger partial charge in [0.2, 0.25) is 5.91 Å². The second kappa shape index (κ2) is 6.96. The number of amides is 3. The molecule has 9 nitrogen and oxygen atoms in total. The smallest absolute Gasteiger partial charge is 0.312 e. The van der Waals surface area contributed by atoms with Crippen molar-refractivity contribution in [3.63, 3.8) is 0 Å². The van der Waals surface area contributed by atoms with E-state index >= 15 is 0 Å². The highest BCUT2D eigenvalue weighted by atomic mass is 32.2. The summed E-state index contributed by atoms with van der Waals surface area (Å²) in [5.41, 5.74) is 6.05.